The first kappa shape index (κ1) is 104. The van der Waals surface area contributed by atoms with Crippen LogP contribution in [0.4, 0.5) is 0 Å². The highest BCUT2D eigenvalue weighted by atomic mass is 16.6. The third kappa shape index (κ3) is 31.0. The molecule has 0 bridgehead atoms. The van der Waals surface area contributed by atoms with Crippen molar-refractivity contribution < 1.29 is 125 Å². The summed E-state index contributed by atoms with van der Waals surface area (Å²) < 4.78 is 60.6. The molecule has 29 heteroatoms. The fraction of sp³-hybridized carbons (Fsp3) is 0.510. The molecule has 3 fully saturated rings. The average Bonchev–Trinajstić information content (AvgIpc) is 0.807. The second-order valence-corrected chi connectivity index (χ2v) is 33.5. The van der Waals surface area contributed by atoms with E-state index < -0.39 is 118 Å². The Kier molecular flexibility index (Phi) is 41.3. The number of Topliss-reactive ketones (excluding diaryl/α,β-unsaturated/α-hetero) is 5. The summed E-state index contributed by atoms with van der Waals surface area (Å²) in [6, 6.07) is 35.4. The number of rotatable bonds is 41. The minimum absolute atomic E-state index is 0.0329. The second-order valence-electron chi connectivity index (χ2n) is 33.5. The van der Waals surface area contributed by atoms with Crippen LogP contribution in [-0.4, -0.2) is 201 Å². The first-order valence-electron chi connectivity index (χ1n) is 43.2. The number of benzene rings is 6. The summed E-state index contributed by atoms with van der Waals surface area (Å²) in [5, 5.41) is 28.5. The Morgan fingerprint density at radius 2 is 0.677 bits per heavy atom. The number of carbonyl (C=O) groups is 12. The first-order chi connectivity index (χ1) is 60.3. The molecule has 3 N–H and O–H groups in total. The molecule has 3 aliphatic rings. The summed E-state index contributed by atoms with van der Waals surface area (Å²) in [5.41, 5.74) is 2.64. The quantitative estimate of drug-likeness (QED) is 0.0237. The Labute approximate surface area is 745 Å². The Hall–Kier alpha value is -11.9. The summed E-state index contributed by atoms with van der Waals surface area (Å²) in [6.45, 7) is 19.3. The zero-order chi connectivity index (χ0) is 93.9. The molecule has 127 heavy (non-hydrogen) atoms. The van der Waals surface area contributed by atoms with Gasteiger partial charge in [-0.15, -0.1) is 0 Å². The van der Waals surface area contributed by atoms with Crippen LogP contribution in [0.3, 0.4) is 0 Å². The minimum Gasteiger partial charge on any atom is -0.493 e. The van der Waals surface area contributed by atoms with Crippen molar-refractivity contribution in [3.05, 3.63) is 161 Å². The molecule has 0 radical (unpaired) electrons. The van der Waals surface area contributed by atoms with Crippen LogP contribution in [0.15, 0.2) is 127 Å². The molecule has 0 aromatic heterocycles. The number of carbonyl (C=O) groups excluding carboxylic acids is 10. The maximum Gasteiger partial charge on any atom is 0.341 e. The van der Waals surface area contributed by atoms with Gasteiger partial charge < -0.3 is 82.1 Å². The molecular weight excluding hydrogens is 1640 g/mol. The average molecular weight is 1770 g/mol. The molecule has 0 aliphatic carbocycles. The van der Waals surface area contributed by atoms with Crippen LogP contribution in [0, 0.1) is 16.2 Å². The van der Waals surface area contributed by atoms with Gasteiger partial charge in [0.05, 0.1) is 48.8 Å². The van der Waals surface area contributed by atoms with E-state index in [1.807, 2.05) is 87.5 Å². The molecule has 3 heterocycles. The molecule has 6 atom stereocenters. The predicted octanol–water partition coefficient (Wildman–Crippen LogP) is 14.8. The van der Waals surface area contributed by atoms with Crippen molar-refractivity contribution in [1.29, 1.82) is 0 Å². The Morgan fingerprint density at radius 1 is 0.378 bits per heavy atom. The van der Waals surface area contributed by atoms with Gasteiger partial charge in [-0.3, -0.25) is 38.4 Å². The van der Waals surface area contributed by atoms with E-state index in [4.69, 9.17) is 62.3 Å². The fourth-order valence-corrected chi connectivity index (χ4v) is 14.1. The number of ether oxygens (including phenoxy) is 11. The number of methoxy groups -OCH3 is 6. The number of carboxylic acid groups (broad SMARTS) is 2. The number of likely N-dealkylation sites (tertiary alicyclic amines) is 3. The van der Waals surface area contributed by atoms with Crippen LogP contribution in [0.25, 0.3) is 0 Å². The monoisotopic (exact) mass is 1760 g/mol. The number of piperidine rings is 3. The lowest BCUT2D eigenvalue weighted by molar-refractivity contribution is -0.165. The molecule has 29 nitrogen and oxygen atoms in total. The zero-order valence-corrected chi connectivity index (χ0v) is 76.6. The van der Waals surface area contributed by atoms with Gasteiger partial charge in [0.1, 0.15) is 60.8 Å². The number of esters is 2. The van der Waals surface area contributed by atoms with Crippen molar-refractivity contribution in [2.75, 3.05) is 82.1 Å². The predicted molar refractivity (Wildman–Crippen MR) is 474 cm³/mol. The van der Waals surface area contributed by atoms with Gasteiger partial charge in [0.25, 0.3) is 17.7 Å². The third-order valence-electron chi connectivity index (χ3n) is 23.1. The molecule has 3 amide bonds. The van der Waals surface area contributed by atoms with Crippen LogP contribution >= 0.6 is 0 Å². The van der Waals surface area contributed by atoms with Gasteiger partial charge in [-0.2, -0.15) is 0 Å². The number of hydrogen-bond donors (Lipinski definition) is 3. The van der Waals surface area contributed by atoms with Gasteiger partial charge >= 0.3 is 23.9 Å². The van der Waals surface area contributed by atoms with E-state index in [2.05, 4.69) is 0 Å². The van der Waals surface area contributed by atoms with Gasteiger partial charge in [-0.05, 0) is 236 Å². The molecule has 3 saturated heterocycles. The molecule has 0 unspecified atom stereocenters. The summed E-state index contributed by atoms with van der Waals surface area (Å²) in [7, 11) is 9.46. The van der Waals surface area contributed by atoms with Crippen molar-refractivity contribution in [3.63, 3.8) is 0 Å². The lowest BCUT2D eigenvalue weighted by Crippen LogP contribution is -2.53. The molecule has 0 spiro atoms. The Morgan fingerprint density at radius 3 is 0.984 bits per heavy atom. The number of aliphatic carboxylic acids is 2. The van der Waals surface area contributed by atoms with Crippen molar-refractivity contribution in [2.45, 2.75) is 228 Å². The number of hydrogen-bond acceptors (Lipinski definition) is 24. The summed E-state index contributed by atoms with van der Waals surface area (Å²) in [4.78, 5) is 153. The van der Waals surface area contributed by atoms with Crippen LogP contribution in [-0.2, 0) is 86.3 Å². The van der Waals surface area contributed by atoms with Crippen molar-refractivity contribution >= 4 is 70.5 Å². The van der Waals surface area contributed by atoms with Crippen LogP contribution < -0.4 is 42.6 Å². The van der Waals surface area contributed by atoms with E-state index in [9.17, 15) is 62.6 Å². The van der Waals surface area contributed by atoms with E-state index >= 15 is 0 Å². The maximum atomic E-state index is 13.7. The number of amides is 3. The highest BCUT2D eigenvalue weighted by Gasteiger charge is 2.44. The SMILES string of the molecule is CCC(C)(C)C(=O)C(=O)N1CCCC[C@H]1C(=O)O.CCC(C)(C)C(=O)C(=O)N1CCCC[C@H]1C(=O)O[C@H](CCc1ccc(OC)c(OC)c1)c1cccc(OCC(=O)O)c1.CCC(C)(C)C(=O)C(=O)N1CCCC[C@H]1C(=O)O[C@H](CCc1ccc(OC)c(OC)c1)c1cccc(OCC(C)=O)c1.COc1ccc(CC[C@@H](O)c2cccc(OCC(C)=O)c2)cc1OC. The van der Waals surface area contributed by atoms with Crippen molar-refractivity contribution in [1.82, 2.24) is 14.7 Å². The Balaban J connectivity index is 0.000000274. The lowest BCUT2D eigenvalue weighted by Gasteiger charge is -2.36. The topological polar surface area (TPSA) is 377 Å². The maximum absolute atomic E-state index is 13.7. The molecule has 0 saturated carbocycles. The molecule has 6 aromatic rings. The van der Waals surface area contributed by atoms with Gasteiger partial charge in [0.2, 0.25) is 17.3 Å². The molecular formula is C98H129N3O26. The van der Waals surface area contributed by atoms with E-state index in [0.717, 1.165) is 47.9 Å². The van der Waals surface area contributed by atoms with E-state index in [1.165, 1.54) is 28.5 Å². The summed E-state index contributed by atoms with van der Waals surface area (Å²) in [5.74, 6) is -1.73. The van der Waals surface area contributed by atoms with Crippen molar-refractivity contribution in [2.24, 2.45) is 16.2 Å². The normalized spacial score (nSPS) is 15.7. The number of carboxylic acids is 2. The largest absolute Gasteiger partial charge is 0.493 e. The molecule has 6 aromatic carbocycles. The van der Waals surface area contributed by atoms with Crippen LogP contribution in [0.5, 0.6) is 51.7 Å². The van der Waals surface area contributed by atoms with Gasteiger partial charge in [0, 0.05) is 35.9 Å². The highest BCUT2D eigenvalue weighted by Crippen LogP contribution is 2.38. The van der Waals surface area contributed by atoms with E-state index in [1.54, 1.807) is 145 Å². The third-order valence-corrected chi connectivity index (χ3v) is 23.1. The number of aliphatic hydroxyl groups excluding tert-OH is 1. The standard InChI is InChI=1S/C33H43NO8.C32H41NO9.C20H24O5.C13H21NO4/c1-7-33(3,4)30(36)31(37)34-18-9-8-13-26(34)32(38)42-27(24-11-10-12-25(20-24)41-21-22(2)35)16-14-23-15-17-28(39-5)29(19-23)40-6;1-6-32(2,3)29(36)30(37)33-17-8-7-12-24(33)31(38)42-25(22-10-9-11-23(19-22)41-20-28(34)35)15-13-21-14-16-26(39-4)27(18-21)40-5;1-14(21)13-25-17-6-4-5-16(12-17)18(22)9-7-15-8-10-19(23-2)20(11-15)24-3;1-4-13(2,3)10(15)11(16)14-8-6-5-7-9(14)12(17)18/h10-12,15,17,19-20,26-27H,7-9,13-14,16,18,21H2,1-6H3;9-11,14,16,18-19,24-25H,6-8,12-13,15,17,20H2,1-5H3,(H,34,35);4-6,8,10-12,18,22H,7,9,13H2,1-3H3;9H,4-8H2,1-3H3,(H,17,18)/t26-,27+;24-,25+;18-;9-/m0010/s1. The second kappa shape index (κ2) is 50.5. The zero-order valence-electron chi connectivity index (χ0n) is 76.6. The smallest absolute Gasteiger partial charge is 0.341 e. The van der Waals surface area contributed by atoms with Crippen LogP contribution in [0.2, 0.25) is 0 Å². The van der Waals surface area contributed by atoms with Crippen molar-refractivity contribution in [3.8, 4) is 51.7 Å². The number of nitrogens with zero attached hydrogens (tertiary/aromatic N) is 3. The summed E-state index contributed by atoms with van der Waals surface area (Å²) in [6.07, 6.45) is 8.36. The van der Waals surface area contributed by atoms with Gasteiger partial charge in [-0.25, -0.2) is 19.2 Å². The highest BCUT2D eigenvalue weighted by molar-refractivity contribution is 6.39. The molecule has 692 valence electrons. The Bertz CT molecular complexity index is 4530. The molecule has 9 rings (SSSR count). The number of aryl methyl sites for hydroxylation is 3. The van der Waals surface area contributed by atoms with Crippen LogP contribution in [0.1, 0.15) is 224 Å². The van der Waals surface area contributed by atoms with E-state index in [-0.39, 0.29) is 24.8 Å². The lowest BCUT2D eigenvalue weighted by atomic mass is 9.84. The number of aliphatic hydroxyl groups is 1. The molecule has 3 aliphatic heterocycles. The van der Waals surface area contributed by atoms with E-state index in [0.29, 0.717) is 172 Å². The fourth-order valence-electron chi connectivity index (χ4n) is 14.1. The summed E-state index contributed by atoms with van der Waals surface area (Å²) >= 11 is 0. The number of ketones is 5. The minimum atomic E-state index is -1.11. The van der Waals surface area contributed by atoms with Gasteiger partial charge in [-0.1, -0.05) is 117 Å². The van der Waals surface area contributed by atoms with Gasteiger partial charge in [0.15, 0.2) is 52.7 Å². The first-order valence-corrected chi connectivity index (χ1v) is 43.2.